The van der Waals surface area contributed by atoms with Crippen LogP contribution in [-0.2, 0) is 20.0 Å². The van der Waals surface area contributed by atoms with Crippen molar-refractivity contribution in [1.82, 2.24) is 4.72 Å². The summed E-state index contributed by atoms with van der Waals surface area (Å²) >= 11 is 0. The number of benzene rings is 1. The first kappa shape index (κ1) is 20.7. The van der Waals surface area contributed by atoms with Gasteiger partial charge in [0.1, 0.15) is 5.82 Å². The number of hydrogen-bond acceptors (Lipinski definition) is 5. The van der Waals surface area contributed by atoms with E-state index >= 15 is 0 Å². The molecule has 0 radical (unpaired) electrons. The Bertz CT molecular complexity index is 783. The van der Waals surface area contributed by atoms with E-state index in [2.05, 4.69) is 0 Å². The van der Waals surface area contributed by atoms with E-state index in [4.69, 9.17) is 5.73 Å². The van der Waals surface area contributed by atoms with E-state index in [0.717, 1.165) is 12.1 Å². The molecule has 0 saturated carbocycles. The first-order valence-corrected chi connectivity index (χ1v) is 9.93. The van der Waals surface area contributed by atoms with Crippen molar-refractivity contribution in [1.29, 1.82) is 0 Å². The fraction of sp³-hybridized carbons (Fsp3) is 0.500. The zero-order valence-corrected chi connectivity index (χ0v) is 14.4. The number of alkyl halides is 2. The molecule has 1 rings (SSSR count). The van der Waals surface area contributed by atoms with E-state index in [-0.39, 0.29) is 5.75 Å². The van der Waals surface area contributed by atoms with Crippen LogP contribution >= 0.6 is 0 Å². The van der Waals surface area contributed by atoms with Crippen molar-refractivity contribution in [2.75, 3.05) is 23.6 Å². The van der Waals surface area contributed by atoms with E-state index in [1.54, 1.807) is 11.6 Å². The van der Waals surface area contributed by atoms with Gasteiger partial charge in [0.15, 0.2) is 0 Å². The Kier molecular flexibility index (Phi) is 6.61. The van der Waals surface area contributed by atoms with Crippen LogP contribution in [0, 0.1) is 5.82 Å². The molecule has 0 aliphatic carbocycles. The molecule has 0 aliphatic heterocycles. The van der Waals surface area contributed by atoms with E-state index < -0.39 is 55.5 Å². The van der Waals surface area contributed by atoms with Gasteiger partial charge in [0.05, 0.1) is 29.4 Å². The second-order valence-electron chi connectivity index (χ2n) is 4.95. The molecule has 0 bridgehead atoms. The lowest BCUT2D eigenvalue weighted by Gasteiger charge is -2.15. The highest BCUT2D eigenvalue weighted by Crippen LogP contribution is 2.21. The van der Waals surface area contributed by atoms with Crippen LogP contribution in [0.4, 0.5) is 18.9 Å². The van der Waals surface area contributed by atoms with Crippen molar-refractivity contribution in [2.24, 2.45) is 5.73 Å². The molecule has 0 atom stereocenters. The van der Waals surface area contributed by atoms with E-state index in [0.29, 0.717) is 12.5 Å². The van der Waals surface area contributed by atoms with Gasteiger partial charge in [-0.1, -0.05) is 6.92 Å². The molecular weight excluding hydrogens is 371 g/mol. The van der Waals surface area contributed by atoms with E-state index in [1.165, 1.54) is 0 Å². The van der Waals surface area contributed by atoms with Gasteiger partial charge >= 0.3 is 0 Å². The molecule has 24 heavy (non-hydrogen) atoms. The minimum absolute atomic E-state index is 0.234. The summed E-state index contributed by atoms with van der Waals surface area (Å²) in [5.74, 6) is -4.83. The first-order valence-electron chi connectivity index (χ1n) is 6.80. The predicted molar refractivity (Wildman–Crippen MR) is 83.3 cm³/mol. The Morgan fingerprint density at radius 3 is 2.33 bits per heavy atom. The molecule has 138 valence electrons. The van der Waals surface area contributed by atoms with Crippen molar-refractivity contribution in [3.8, 4) is 0 Å². The molecule has 0 aromatic heterocycles. The number of halogens is 3. The minimum Gasteiger partial charge on any atom is -0.325 e. The maximum Gasteiger partial charge on any atom is 0.273 e. The summed E-state index contributed by atoms with van der Waals surface area (Å²) < 4.78 is 90.4. The Morgan fingerprint density at radius 1 is 1.21 bits per heavy atom. The molecule has 1 aromatic rings. The second kappa shape index (κ2) is 7.68. The average molecular weight is 389 g/mol. The van der Waals surface area contributed by atoms with Gasteiger partial charge in [-0.3, -0.25) is 4.72 Å². The van der Waals surface area contributed by atoms with Crippen molar-refractivity contribution in [3.63, 3.8) is 0 Å². The van der Waals surface area contributed by atoms with E-state index in [9.17, 15) is 30.0 Å². The van der Waals surface area contributed by atoms with Gasteiger partial charge in [0.2, 0.25) is 20.0 Å². The highest BCUT2D eigenvalue weighted by molar-refractivity contribution is 7.92. The lowest BCUT2D eigenvalue weighted by Crippen LogP contribution is -2.41. The molecule has 0 unspecified atom stereocenters. The molecular formula is C12H18F3N3O4S2. The Labute approximate surface area is 138 Å². The maximum absolute atomic E-state index is 13.9. The van der Waals surface area contributed by atoms with Gasteiger partial charge in [0, 0.05) is 0 Å². The number of sulfonamides is 2. The number of rotatable bonds is 9. The van der Waals surface area contributed by atoms with Crippen LogP contribution in [0.25, 0.3) is 0 Å². The summed E-state index contributed by atoms with van der Waals surface area (Å²) in [7, 11) is -8.16. The van der Waals surface area contributed by atoms with Gasteiger partial charge in [-0.2, -0.15) is 0 Å². The number of nitrogens with one attached hydrogen (secondary N) is 2. The fourth-order valence-electron chi connectivity index (χ4n) is 1.59. The molecule has 0 saturated heterocycles. The normalized spacial score (nSPS) is 13.0. The summed E-state index contributed by atoms with van der Waals surface area (Å²) in [4.78, 5) is -0.619. The SMILES string of the molecule is CCCS(=O)(=O)Nc1ccc(S(=O)(=O)NCC(F)(F)CN)cc1F. The number of anilines is 1. The van der Waals surface area contributed by atoms with Crippen molar-refractivity contribution < 1.29 is 30.0 Å². The topological polar surface area (TPSA) is 118 Å². The van der Waals surface area contributed by atoms with Crippen LogP contribution in [0.15, 0.2) is 23.1 Å². The molecule has 1 aromatic carbocycles. The summed E-state index contributed by atoms with van der Waals surface area (Å²) in [6, 6.07) is 2.33. The summed E-state index contributed by atoms with van der Waals surface area (Å²) in [6.45, 7) is -0.672. The van der Waals surface area contributed by atoms with Crippen LogP contribution in [0.2, 0.25) is 0 Å². The number of nitrogens with two attached hydrogens (primary N) is 1. The number of hydrogen-bond donors (Lipinski definition) is 3. The van der Waals surface area contributed by atoms with Gasteiger partial charge in [-0.25, -0.2) is 34.7 Å². The van der Waals surface area contributed by atoms with Crippen LogP contribution < -0.4 is 15.2 Å². The largest absolute Gasteiger partial charge is 0.325 e. The minimum atomic E-state index is -4.40. The summed E-state index contributed by atoms with van der Waals surface area (Å²) in [6.07, 6.45) is 0.308. The Morgan fingerprint density at radius 2 is 1.83 bits per heavy atom. The highest BCUT2D eigenvalue weighted by Gasteiger charge is 2.29. The van der Waals surface area contributed by atoms with Gasteiger partial charge in [-0.15, -0.1) is 0 Å². The maximum atomic E-state index is 13.9. The average Bonchev–Trinajstić information content (AvgIpc) is 2.47. The van der Waals surface area contributed by atoms with Crippen LogP contribution in [0.5, 0.6) is 0 Å². The van der Waals surface area contributed by atoms with Gasteiger partial charge in [-0.05, 0) is 24.6 Å². The third kappa shape index (κ3) is 5.92. The molecule has 7 nitrogen and oxygen atoms in total. The van der Waals surface area contributed by atoms with Crippen LogP contribution in [-0.4, -0.2) is 41.6 Å². The third-order valence-corrected chi connectivity index (χ3v) is 5.68. The second-order valence-corrected chi connectivity index (χ2v) is 8.56. The fourth-order valence-corrected chi connectivity index (χ4v) is 3.80. The molecule has 4 N–H and O–H groups in total. The van der Waals surface area contributed by atoms with Crippen LogP contribution in [0.3, 0.4) is 0 Å². The predicted octanol–water partition coefficient (Wildman–Crippen LogP) is 0.850. The van der Waals surface area contributed by atoms with E-state index in [1.807, 2.05) is 4.72 Å². The summed E-state index contributed by atoms with van der Waals surface area (Å²) in [5.41, 5.74) is 4.36. The smallest absolute Gasteiger partial charge is 0.273 e. The lowest BCUT2D eigenvalue weighted by molar-refractivity contribution is 0.0170. The van der Waals surface area contributed by atoms with Crippen molar-refractivity contribution in [2.45, 2.75) is 24.2 Å². The molecule has 0 fully saturated rings. The van der Waals surface area contributed by atoms with Crippen molar-refractivity contribution >= 4 is 25.7 Å². The zero-order chi connectivity index (χ0) is 18.6. The standard InChI is InChI=1S/C12H18F3N3O4S2/c1-2-5-23(19,20)18-11-4-3-9(6-10(11)13)24(21,22)17-8-12(14,15)7-16/h3-4,6,17-18H,2,5,7-8,16H2,1H3. The van der Waals surface area contributed by atoms with Gasteiger partial charge in [0.25, 0.3) is 5.92 Å². The first-order chi connectivity index (χ1) is 10.9. The lowest BCUT2D eigenvalue weighted by atomic mass is 10.3. The Hall–Kier alpha value is -1.37. The third-order valence-electron chi connectivity index (χ3n) is 2.81. The monoisotopic (exact) mass is 389 g/mol. The summed E-state index contributed by atoms with van der Waals surface area (Å²) in [5, 5.41) is 0. The van der Waals surface area contributed by atoms with Crippen LogP contribution in [0.1, 0.15) is 13.3 Å². The zero-order valence-electron chi connectivity index (χ0n) is 12.7. The molecule has 0 heterocycles. The molecule has 12 heteroatoms. The molecule has 0 amide bonds. The van der Waals surface area contributed by atoms with Crippen molar-refractivity contribution in [3.05, 3.63) is 24.0 Å². The quantitative estimate of drug-likeness (QED) is 0.579. The van der Waals surface area contributed by atoms with Gasteiger partial charge < -0.3 is 5.73 Å². The Balaban J connectivity index is 2.98. The highest BCUT2D eigenvalue weighted by atomic mass is 32.2. The molecule has 0 aliphatic rings. The molecule has 0 spiro atoms.